The van der Waals surface area contributed by atoms with Gasteiger partial charge in [-0.15, -0.1) is 0 Å². The first-order valence-electron chi connectivity index (χ1n) is 10.7. The standard InChI is InChI=1S/C23H27ClN4O4/c1-2-12-27(16-22(29)25-18-8-9-20(24)21(15-18)28(31)32)19-10-13-26(14-11-19)23(30)17-6-4-3-5-7-17/h3-9,15,19H,2,10-14,16H2,1H3,(H,25,29). The molecule has 0 unspecified atom stereocenters. The number of carbonyl (C=O) groups is 2. The summed E-state index contributed by atoms with van der Waals surface area (Å²) in [5.41, 5.74) is 0.781. The maximum atomic E-state index is 12.7. The summed E-state index contributed by atoms with van der Waals surface area (Å²) in [7, 11) is 0. The minimum Gasteiger partial charge on any atom is -0.339 e. The van der Waals surface area contributed by atoms with Crippen molar-refractivity contribution < 1.29 is 14.5 Å². The van der Waals surface area contributed by atoms with Crippen molar-refractivity contribution in [2.45, 2.75) is 32.2 Å². The van der Waals surface area contributed by atoms with Crippen LogP contribution in [-0.4, -0.2) is 58.8 Å². The van der Waals surface area contributed by atoms with Gasteiger partial charge in [-0.1, -0.05) is 36.7 Å². The molecule has 0 atom stereocenters. The number of piperidine rings is 1. The number of nitrogens with one attached hydrogen (secondary N) is 1. The fourth-order valence-electron chi connectivity index (χ4n) is 3.99. The summed E-state index contributed by atoms with van der Waals surface area (Å²) in [6, 6.07) is 13.7. The average molecular weight is 459 g/mol. The minimum atomic E-state index is -0.577. The Hall–Kier alpha value is -2.97. The van der Waals surface area contributed by atoms with E-state index in [1.807, 2.05) is 35.2 Å². The second kappa shape index (κ2) is 11.1. The Bertz CT molecular complexity index is 962. The highest BCUT2D eigenvalue weighted by Crippen LogP contribution is 2.27. The normalized spacial score (nSPS) is 14.4. The van der Waals surface area contributed by atoms with Crippen LogP contribution in [0.1, 0.15) is 36.5 Å². The summed E-state index contributed by atoms with van der Waals surface area (Å²) in [5.74, 6) is -0.203. The molecule has 0 bridgehead atoms. The zero-order valence-corrected chi connectivity index (χ0v) is 18.8. The van der Waals surface area contributed by atoms with Crippen molar-refractivity contribution in [2.75, 3.05) is 31.5 Å². The highest BCUT2D eigenvalue weighted by Gasteiger charge is 2.28. The number of likely N-dealkylation sites (tertiary alicyclic amines) is 1. The van der Waals surface area contributed by atoms with Crippen LogP contribution in [-0.2, 0) is 4.79 Å². The van der Waals surface area contributed by atoms with Crippen molar-refractivity contribution in [3.8, 4) is 0 Å². The van der Waals surface area contributed by atoms with E-state index < -0.39 is 4.92 Å². The van der Waals surface area contributed by atoms with Crippen molar-refractivity contribution in [3.05, 3.63) is 69.2 Å². The summed E-state index contributed by atoms with van der Waals surface area (Å²) in [5, 5.41) is 13.8. The lowest BCUT2D eigenvalue weighted by atomic mass is 10.0. The Morgan fingerprint density at radius 1 is 1.19 bits per heavy atom. The van der Waals surface area contributed by atoms with E-state index >= 15 is 0 Å². The third-order valence-corrected chi connectivity index (χ3v) is 5.89. The van der Waals surface area contributed by atoms with Crippen molar-refractivity contribution in [2.24, 2.45) is 0 Å². The van der Waals surface area contributed by atoms with Crippen LogP contribution in [0, 0.1) is 10.1 Å². The van der Waals surface area contributed by atoms with Gasteiger partial charge in [-0.3, -0.25) is 24.6 Å². The summed E-state index contributed by atoms with van der Waals surface area (Å²) in [6.07, 6.45) is 2.47. The molecule has 0 spiro atoms. The van der Waals surface area contributed by atoms with Crippen LogP contribution in [0.5, 0.6) is 0 Å². The number of hydrogen-bond acceptors (Lipinski definition) is 5. The molecule has 2 aromatic rings. The molecule has 1 aliphatic heterocycles. The van der Waals surface area contributed by atoms with Gasteiger partial charge < -0.3 is 10.2 Å². The summed E-state index contributed by atoms with van der Waals surface area (Å²) in [4.78, 5) is 39.8. The molecule has 1 N–H and O–H groups in total. The molecule has 1 heterocycles. The molecule has 0 radical (unpaired) electrons. The van der Waals surface area contributed by atoms with E-state index in [1.165, 1.54) is 12.1 Å². The van der Waals surface area contributed by atoms with Gasteiger partial charge in [0.05, 0.1) is 11.5 Å². The van der Waals surface area contributed by atoms with Gasteiger partial charge in [0.15, 0.2) is 0 Å². The maximum absolute atomic E-state index is 12.7. The zero-order valence-electron chi connectivity index (χ0n) is 18.0. The number of carbonyl (C=O) groups excluding carboxylic acids is 2. The summed E-state index contributed by atoms with van der Waals surface area (Å²) < 4.78 is 0. The molecular weight excluding hydrogens is 432 g/mol. The molecule has 170 valence electrons. The van der Waals surface area contributed by atoms with E-state index in [2.05, 4.69) is 17.1 Å². The van der Waals surface area contributed by atoms with Gasteiger partial charge in [0, 0.05) is 36.4 Å². The van der Waals surface area contributed by atoms with Gasteiger partial charge in [-0.2, -0.15) is 0 Å². The number of halogens is 1. The molecule has 9 heteroatoms. The van der Waals surface area contributed by atoms with Crippen molar-refractivity contribution in [1.29, 1.82) is 0 Å². The Labute approximate surface area is 192 Å². The highest BCUT2D eigenvalue weighted by molar-refractivity contribution is 6.32. The minimum absolute atomic E-state index is 0.0254. The molecular formula is C23H27ClN4O4. The smallest absolute Gasteiger partial charge is 0.289 e. The second-order valence-electron chi connectivity index (χ2n) is 7.83. The van der Waals surface area contributed by atoms with Gasteiger partial charge in [-0.05, 0) is 50.1 Å². The molecule has 0 aliphatic carbocycles. The first-order chi connectivity index (χ1) is 15.4. The predicted octanol–water partition coefficient (Wildman–Crippen LogP) is 4.20. The summed E-state index contributed by atoms with van der Waals surface area (Å²) in [6.45, 7) is 4.28. The van der Waals surface area contributed by atoms with Gasteiger partial charge in [-0.25, -0.2) is 0 Å². The number of rotatable bonds is 8. The molecule has 1 fully saturated rings. The van der Waals surface area contributed by atoms with E-state index in [0.717, 1.165) is 25.8 Å². The topological polar surface area (TPSA) is 95.8 Å². The largest absolute Gasteiger partial charge is 0.339 e. The Morgan fingerprint density at radius 2 is 1.88 bits per heavy atom. The lowest BCUT2D eigenvalue weighted by molar-refractivity contribution is -0.384. The number of nitro groups is 1. The van der Waals surface area contributed by atoms with Crippen LogP contribution < -0.4 is 5.32 Å². The van der Waals surface area contributed by atoms with Crippen LogP contribution in [0.15, 0.2) is 48.5 Å². The lowest BCUT2D eigenvalue weighted by Crippen LogP contribution is -2.49. The Balaban J connectivity index is 1.58. The van der Waals surface area contributed by atoms with Crippen LogP contribution in [0.2, 0.25) is 5.02 Å². The SMILES string of the molecule is CCCN(CC(=O)Nc1ccc(Cl)c([N+](=O)[O-])c1)C1CCN(C(=O)c2ccccc2)CC1. The lowest BCUT2D eigenvalue weighted by Gasteiger charge is -2.38. The van der Waals surface area contributed by atoms with E-state index in [9.17, 15) is 19.7 Å². The number of nitro benzene ring substituents is 1. The van der Waals surface area contributed by atoms with Crippen molar-refractivity contribution in [3.63, 3.8) is 0 Å². The molecule has 8 nitrogen and oxygen atoms in total. The molecule has 2 aromatic carbocycles. The van der Waals surface area contributed by atoms with E-state index in [4.69, 9.17) is 11.6 Å². The average Bonchev–Trinajstić information content (AvgIpc) is 2.80. The molecule has 2 amide bonds. The van der Waals surface area contributed by atoms with Gasteiger partial charge in [0.25, 0.3) is 11.6 Å². The maximum Gasteiger partial charge on any atom is 0.289 e. The monoisotopic (exact) mass is 458 g/mol. The third-order valence-electron chi connectivity index (χ3n) is 5.57. The molecule has 0 aromatic heterocycles. The highest BCUT2D eigenvalue weighted by atomic mass is 35.5. The predicted molar refractivity (Wildman–Crippen MR) is 124 cm³/mol. The van der Waals surface area contributed by atoms with Crippen LogP contribution in [0.25, 0.3) is 0 Å². The van der Waals surface area contributed by atoms with Crippen molar-refractivity contribution in [1.82, 2.24) is 9.80 Å². The number of benzene rings is 2. The summed E-state index contributed by atoms with van der Waals surface area (Å²) >= 11 is 5.84. The van der Waals surface area contributed by atoms with Crippen LogP contribution in [0.3, 0.4) is 0 Å². The Kier molecular flexibility index (Phi) is 8.19. The quantitative estimate of drug-likeness (QED) is 0.472. The number of anilines is 1. The van der Waals surface area contributed by atoms with Gasteiger partial charge >= 0.3 is 0 Å². The van der Waals surface area contributed by atoms with Crippen LogP contribution >= 0.6 is 11.6 Å². The first kappa shape index (κ1) is 23.7. The third kappa shape index (κ3) is 6.05. The molecule has 1 aliphatic rings. The van der Waals surface area contributed by atoms with Crippen LogP contribution in [0.4, 0.5) is 11.4 Å². The van der Waals surface area contributed by atoms with E-state index in [0.29, 0.717) is 24.3 Å². The fourth-order valence-corrected chi connectivity index (χ4v) is 4.18. The van der Waals surface area contributed by atoms with E-state index in [-0.39, 0.29) is 35.1 Å². The first-order valence-corrected chi connectivity index (χ1v) is 11.1. The fraction of sp³-hybridized carbons (Fsp3) is 0.391. The molecule has 1 saturated heterocycles. The van der Waals surface area contributed by atoms with Gasteiger partial charge in [0.1, 0.15) is 5.02 Å². The van der Waals surface area contributed by atoms with E-state index in [1.54, 1.807) is 6.07 Å². The Morgan fingerprint density at radius 3 is 2.50 bits per heavy atom. The second-order valence-corrected chi connectivity index (χ2v) is 8.24. The van der Waals surface area contributed by atoms with Gasteiger partial charge in [0.2, 0.25) is 5.91 Å². The number of nitrogens with zero attached hydrogens (tertiary/aromatic N) is 3. The zero-order chi connectivity index (χ0) is 23.1. The number of amides is 2. The number of hydrogen-bond donors (Lipinski definition) is 1. The molecule has 0 saturated carbocycles. The molecule has 32 heavy (non-hydrogen) atoms. The van der Waals surface area contributed by atoms with Crippen molar-refractivity contribution >= 4 is 34.8 Å². The molecule has 3 rings (SSSR count).